The zero-order valence-corrected chi connectivity index (χ0v) is 14.2. The number of nitrogens with one attached hydrogen (secondary N) is 1. The van der Waals surface area contributed by atoms with Crippen molar-refractivity contribution in [1.29, 1.82) is 0 Å². The number of carbonyl (C=O) groups excluding carboxylic acids is 1. The second kappa shape index (κ2) is 7.47. The largest absolute Gasteiger partial charge is 0.297 e. The Morgan fingerprint density at radius 3 is 2.86 bits per heavy atom. The molecule has 0 spiro atoms. The Bertz CT molecular complexity index is 652. The predicted octanol–water partition coefficient (Wildman–Crippen LogP) is 4.15. The lowest BCUT2D eigenvalue weighted by atomic mass is 10.1. The molecule has 1 N–H and O–H groups in total. The van der Waals surface area contributed by atoms with Crippen LogP contribution in [0.4, 0.5) is 5.13 Å². The molecule has 0 unspecified atom stereocenters. The maximum atomic E-state index is 11.9. The number of benzene rings is 1. The van der Waals surface area contributed by atoms with Gasteiger partial charge in [0.25, 0.3) is 0 Å². The number of anilines is 1. The molecule has 1 aromatic heterocycles. The van der Waals surface area contributed by atoms with Gasteiger partial charge in [-0.1, -0.05) is 59.3 Å². The summed E-state index contributed by atoms with van der Waals surface area (Å²) in [7, 11) is 0. The highest BCUT2D eigenvalue weighted by Gasteiger charge is 2.07. The third kappa shape index (κ3) is 5.06. The molecule has 1 heterocycles. The monoisotopic (exact) mass is 365 g/mol. The zero-order chi connectivity index (χ0) is 15.2. The fraction of sp³-hybridized carbons (Fsp3) is 0.267. The molecule has 2 aromatic rings. The Hall–Kier alpha value is -1.53. The predicted molar refractivity (Wildman–Crippen MR) is 90.3 cm³/mol. The Labute approximate surface area is 136 Å². The van der Waals surface area contributed by atoms with E-state index in [1.807, 2.05) is 24.3 Å². The summed E-state index contributed by atoms with van der Waals surface area (Å²) in [6.07, 6.45) is 4.12. The van der Waals surface area contributed by atoms with Crippen LogP contribution >= 0.6 is 27.3 Å². The molecule has 0 aliphatic heterocycles. The van der Waals surface area contributed by atoms with Gasteiger partial charge in [-0.25, -0.2) is 0 Å². The first-order valence-electron chi connectivity index (χ1n) is 6.60. The molecule has 0 bridgehead atoms. The van der Waals surface area contributed by atoms with Crippen molar-refractivity contribution in [2.24, 2.45) is 5.92 Å². The van der Waals surface area contributed by atoms with E-state index in [2.05, 4.69) is 45.3 Å². The van der Waals surface area contributed by atoms with Crippen molar-refractivity contribution in [2.45, 2.75) is 20.3 Å². The topological polar surface area (TPSA) is 54.9 Å². The van der Waals surface area contributed by atoms with Gasteiger partial charge >= 0.3 is 0 Å². The maximum Gasteiger partial charge on any atom is 0.250 e. The van der Waals surface area contributed by atoms with E-state index in [1.54, 1.807) is 6.08 Å². The Morgan fingerprint density at radius 2 is 2.14 bits per heavy atom. The molecule has 4 nitrogen and oxygen atoms in total. The Morgan fingerprint density at radius 1 is 1.38 bits per heavy atom. The van der Waals surface area contributed by atoms with Gasteiger partial charge < -0.3 is 0 Å². The number of halogens is 1. The fourth-order valence-electron chi connectivity index (χ4n) is 1.66. The zero-order valence-electron chi connectivity index (χ0n) is 11.8. The highest BCUT2D eigenvalue weighted by Crippen LogP contribution is 2.19. The van der Waals surface area contributed by atoms with Crippen molar-refractivity contribution in [3.8, 4) is 0 Å². The highest BCUT2D eigenvalue weighted by atomic mass is 79.9. The number of carbonyl (C=O) groups is 1. The number of hydrogen-bond acceptors (Lipinski definition) is 4. The number of aromatic nitrogens is 2. The minimum absolute atomic E-state index is 0.210. The van der Waals surface area contributed by atoms with E-state index in [0.29, 0.717) is 11.0 Å². The molecule has 6 heteroatoms. The second-order valence-electron chi connectivity index (χ2n) is 4.94. The standard InChI is InChI=1S/C15H16BrN3OS/c1-10(2)9-14-18-19-15(21-14)17-13(20)8-7-11-5-3-4-6-12(11)16/h3-8,10H,9H2,1-2H3,(H,17,19,20)/b8-7+. The van der Waals surface area contributed by atoms with E-state index in [0.717, 1.165) is 21.5 Å². The van der Waals surface area contributed by atoms with Crippen molar-refractivity contribution in [3.05, 3.63) is 45.4 Å². The molecule has 1 aromatic carbocycles. The summed E-state index contributed by atoms with van der Waals surface area (Å²) >= 11 is 4.85. The van der Waals surface area contributed by atoms with Crippen molar-refractivity contribution in [1.82, 2.24) is 10.2 Å². The molecule has 0 radical (unpaired) electrons. The van der Waals surface area contributed by atoms with Crippen LogP contribution in [0, 0.1) is 5.92 Å². The summed E-state index contributed by atoms with van der Waals surface area (Å²) in [6.45, 7) is 4.25. The quantitative estimate of drug-likeness (QED) is 0.809. The van der Waals surface area contributed by atoms with Gasteiger partial charge in [0.05, 0.1) is 0 Å². The minimum Gasteiger partial charge on any atom is -0.297 e. The molecule has 2 rings (SSSR count). The molecule has 21 heavy (non-hydrogen) atoms. The van der Waals surface area contributed by atoms with Crippen LogP contribution in [0.3, 0.4) is 0 Å². The molecule has 0 aliphatic rings. The highest BCUT2D eigenvalue weighted by molar-refractivity contribution is 9.10. The van der Waals surface area contributed by atoms with Gasteiger partial charge in [0, 0.05) is 17.0 Å². The van der Waals surface area contributed by atoms with Gasteiger partial charge in [-0.15, -0.1) is 10.2 Å². The average molecular weight is 366 g/mol. The number of rotatable bonds is 5. The summed E-state index contributed by atoms with van der Waals surface area (Å²) in [6, 6.07) is 7.71. The lowest BCUT2D eigenvalue weighted by Crippen LogP contribution is -2.07. The van der Waals surface area contributed by atoms with E-state index in [-0.39, 0.29) is 5.91 Å². The summed E-state index contributed by atoms with van der Waals surface area (Å²) in [4.78, 5) is 11.9. The van der Waals surface area contributed by atoms with Crippen molar-refractivity contribution in [3.63, 3.8) is 0 Å². The van der Waals surface area contributed by atoms with E-state index in [1.165, 1.54) is 17.4 Å². The fourth-order valence-corrected chi connectivity index (χ4v) is 3.03. The molecule has 1 amide bonds. The third-order valence-electron chi connectivity index (χ3n) is 2.60. The molecule has 0 saturated carbocycles. The summed E-state index contributed by atoms with van der Waals surface area (Å²) in [5.41, 5.74) is 0.949. The van der Waals surface area contributed by atoms with Crippen molar-refractivity contribution >= 4 is 44.4 Å². The van der Waals surface area contributed by atoms with Gasteiger partial charge in [0.2, 0.25) is 11.0 Å². The van der Waals surface area contributed by atoms with Gasteiger partial charge in [0.1, 0.15) is 5.01 Å². The number of nitrogens with zero attached hydrogens (tertiary/aromatic N) is 2. The van der Waals surface area contributed by atoms with Crippen LogP contribution < -0.4 is 5.32 Å². The molecule has 110 valence electrons. The van der Waals surface area contributed by atoms with Crippen LogP contribution in [0.5, 0.6) is 0 Å². The first-order chi connectivity index (χ1) is 10.0. The smallest absolute Gasteiger partial charge is 0.250 e. The number of hydrogen-bond donors (Lipinski definition) is 1. The summed E-state index contributed by atoms with van der Waals surface area (Å²) in [5.74, 6) is 0.315. The SMILES string of the molecule is CC(C)Cc1nnc(NC(=O)/C=C/c2ccccc2Br)s1. The van der Waals surface area contributed by atoms with Gasteiger partial charge in [-0.3, -0.25) is 10.1 Å². The molecule has 0 fully saturated rings. The van der Waals surface area contributed by atoms with Crippen LogP contribution in [-0.2, 0) is 11.2 Å². The van der Waals surface area contributed by atoms with E-state index in [9.17, 15) is 4.79 Å². The van der Waals surface area contributed by atoms with Crippen LogP contribution in [0.2, 0.25) is 0 Å². The lowest BCUT2D eigenvalue weighted by Gasteiger charge is -1.98. The van der Waals surface area contributed by atoms with Crippen molar-refractivity contribution < 1.29 is 4.79 Å². The molecule has 0 aliphatic carbocycles. The number of amides is 1. The van der Waals surface area contributed by atoms with E-state index < -0.39 is 0 Å². The second-order valence-corrected chi connectivity index (χ2v) is 6.86. The minimum atomic E-state index is -0.210. The van der Waals surface area contributed by atoms with Crippen LogP contribution in [-0.4, -0.2) is 16.1 Å². The lowest BCUT2D eigenvalue weighted by molar-refractivity contribution is -0.111. The van der Waals surface area contributed by atoms with Crippen molar-refractivity contribution in [2.75, 3.05) is 5.32 Å². The average Bonchev–Trinajstić information content (AvgIpc) is 2.84. The molecular formula is C15H16BrN3OS. The van der Waals surface area contributed by atoms with E-state index >= 15 is 0 Å². The molecule has 0 atom stereocenters. The first kappa shape index (κ1) is 15.9. The van der Waals surface area contributed by atoms with Gasteiger partial charge in [0.15, 0.2) is 0 Å². The normalized spacial score (nSPS) is 11.2. The summed E-state index contributed by atoms with van der Waals surface area (Å²) < 4.78 is 0.948. The summed E-state index contributed by atoms with van der Waals surface area (Å²) in [5, 5.41) is 12.2. The van der Waals surface area contributed by atoms with Gasteiger partial charge in [-0.2, -0.15) is 0 Å². The Kier molecular flexibility index (Phi) is 5.64. The molecular weight excluding hydrogens is 350 g/mol. The Balaban J connectivity index is 1.95. The third-order valence-corrected chi connectivity index (χ3v) is 4.18. The first-order valence-corrected chi connectivity index (χ1v) is 8.21. The van der Waals surface area contributed by atoms with Gasteiger partial charge in [-0.05, 0) is 23.6 Å². The van der Waals surface area contributed by atoms with Crippen LogP contribution in [0.15, 0.2) is 34.8 Å². The van der Waals surface area contributed by atoms with E-state index in [4.69, 9.17) is 0 Å². The maximum absolute atomic E-state index is 11.9. The van der Waals surface area contributed by atoms with Crippen LogP contribution in [0.25, 0.3) is 6.08 Å². The van der Waals surface area contributed by atoms with Crippen LogP contribution in [0.1, 0.15) is 24.4 Å². The molecule has 0 saturated heterocycles.